The van der Waals surface area contributed by atoms with Gasteiger partial charge in [-0.2, -0.15) is 0 Å². The number of anilines is 1. The predicted octanol–water partition coefficient (Wildman–Crippen LogP) is 1.49. The maximum Gasteiger partial charge on any atom is 0.242 e. The van der Waals surface area contributed by atoms with Crippen LogP contribution in [0.2, 0.25) is 0 Å². The van der Waals surface area contributed by atoms with Crippen LogP contribution < -0.4 is 10.2 Å². The first-order valence-electron chi connectivity index (χ1n) is 8.58. The highest BCUT2D eigenvalue weighted by molar-refractivity contribution is 5.82. The van der Waals surface area contributed by atoms with Gasteiger partial charge in [0.05, 0.1) is 12.7 Å². The number of carbonyl (C=O) groups is 1. The largest absolute Gasteiger partial charge is 0.375 e. The lowest BCUT2D eigenvalue weighted by molar-refractivity contribution is -0.140. The van der Waals surface area contributed by atoms with Crippen molar-refractivity contribution in [1.29, 1.82) is 0 Å². The molecular weight excluding hydrogens is 290 g/mol. The van der Waals surface area contributed by atoms with Crippen LogP contribution in [-0.2, 0) is 9.53 Å². The van der Waals surface area contributed by atoms with E-state index < -0.39 is 0 Å². The highest BCUT2D eigenvalue weighted by Gasteiger charge is 2.34. The van der Waals surface area contributed by atoms with Crippen molar-refractivity contribution in [3.05, 3.63) is 30.3 Å². The van der Waals surface area contributed by atoms with E-state index in [0.717, 1.165) is 32.5 Å². The smallest absolute Gasteiger partial charge is 0.242 e. The molecule has 2 heterocycles. The van der Waals surface area contributed by atoms with Gasteiger partial charge in [-0.1, -0.05) is 18.2 Å². The highest BCUT2D eigenvalue weighted by Crippen LogP contribution is 2.22. The second-order valence-corrected chi connectivity index (χ2v) is 6.51. The minimum atomic E-state index is -0.188. The summed E-state index contributed by atoms with van der Waals surface area (Å²) in [5.74, 6) is 0.193. The lowest BCUT2D eigenvalue weighted by atomic mass is 10.0. The van der Waals surface area contributed by atoms with Crippen molar-refractivity contribution in [3.63, 3.8) is 0 Å². The first kappa shape index (κ1) is 16.3. The number of morpholine rings is 1. The molecule has 0 saturated carbocycles. The highest BCUT2D eigenvalue weighted by atomic mass is 16.5. The summed E-state index contributed by atoms with van der Waals surface area (Å²) in [5.41, 5.74) is 1.24. The van der Waals surface area contributed by atoms with Gasteiger partial charge >= 0.3 is 0 Å². The Bertz CT molecular complexity index is 514. The molecule has 3 rings (SSSR count). The van der Waals surface area contributed by atoms with Crippen LogP contribution in [0.4, 0.5) is 5.69 Å². The van der Waals surface area contributed by atoms with Crippen LogP contribution >= 0.6 is 0 Å². The van der Waals surface area contributed by atoms with Gasteiger partial charge < -0.3 is 19.9 Å². The third-order valence-corrected chi connectivity index (χ3v) is 5.07. The Kier molecular flexibility index (Phi) is 5.18. The molecule has 0 aromatic heterocycles. The number of ether oxygens (including phenoxy) is 1. The molecule has 23 heavy (non-hydrogen) atoms. The summed E-state index contributed by atoms with van der Waals surface area (Å²) in [6.07, 6.45) is 1.99. The number of rotatable bonds is 3. The van der Waals surface area contributed by atoms with Gasteiger partial charge in [0.2, 0.25) is 5.91 Å². The lowest BCUT2D eigenvalue weighted by Gasteiger charge is -2.40. The number of para-hydroxylation sites is 1. The van der Waals surface area contributed by atoms with Crippen LogP contribution in [0.3, 0.4) is 0 Å². The van der Waals surface area contributed by atoms with E-state index in [1.54, 1.807) is 0 Å². The monoisotopic (exact) mass is 317 g/mol. The van der Waals surface area contributed by atoms with Crippen molar-refractivity contribution in [1.82, 2.24) is 10.2 Å². The number of hydrogen-bond acceptors (Lipinski definition) is 4. The summed E-state index contributed by atoms with van der Waals surface area (Å²) in [5, 5.41) is 3.30. The predicted molar refractivity (Wildman–Crippen MR) is 91.7 cm³/mol. The molecule has 0 radical (unpaired) electrons. The topological polar surface area (TPSA) is 44.8 Å². The van der Waals surface area contributed by atoms with Crippen molar-refractivity contribution in [2.45, 2.75) is 38.0 Å². The fourth-order valence-electron chi connectivity index (χ4n) is 3.55. The third kappa shape index (κ3) is 3.67. The maximum atomic E-state index is 12.7. The second kappa shape index (κ2) is 7.32. The first-order chi connectivity index (χ1) is 11.2. The number of piperidine rings is 1. The number of nitrogens with zero attached hydrogens (tertiary/aromatic N) is 2. The quantitative estimate of drug-likeness (QED) is 0.917. The summed E-state index contributed by atoms with van der Waals surface area (Å²) < 4.78 is 5.60. The normalized spacial score (nSPS) is 26.1. The van der Waals surface area contributed by atoms with Crippen LogP contribution in [0.15, 0.2) is 30.3 Å². The first-order valence-corrected chi connectivity index (χ1v) is 8.58. The van der Waals surface area contributed by atoms with Gasteiger partial charge in [0.25, 0.3) is 0 Å². The molecule has 5 heteroatoms. The molecule has 1 aromatic carbocycles. The van der Waals surface area contributed by atoms with Gasteiger partial charge in [0, 0.05) is 38.4 Å². The Labute approximate surface area is 138 Å². The molecule has 0 spiro atoms. The maximum absolute atomic E-state index is 12.7. The van der Waals surface area contributed by atoms with Crippen LogP contribution in [0.25, 0.3) is 0 Å². The van der Waals surface area contributed by atoms with Crippen molar-refractivity contribution in [3.8, 4) is 0 Å². The van der Waals surface area contributed by atoms with E-state index in [0.29, 0.717) is 12.6 Å². The van der Waals surface area contributed by atoms with E-state index in [1.165, 1.54) is 5.69 Å². The summed E-state index contributed by atoms with van der Waals surface area (Å²) in [4.78, 5) is 17.0. The van der Waals surface area contributed by atoms with E-state index in [2.05, 4.69) is 41.5 Å². The van der Waals surface area contributed by atoms with E-state index >= 15 is 0 Å². The summed E-state index contributed by atoms with van der Waals surface area (Å²) in [6.45, 7) is 5.07. The zero-order valence-corrected chi connectivity index (χ0v) is 14.1. The van der Waals surface area contributed by atoms with Crippen molar-refractivity contribution >= 4 is 11.6 Å². The standard InChI is InChI=1S/C18H27N3O2/c1-14-17(19-10-13-23-14)18(22)21-11-8-16(9-12-21)20(2)15-6-4-3-5-7-15/h3-7,14,16-17,19H,8-13H2,1-2H3/t14-,17+/m1/s1. The van der Waals surface area contributed by atoms with Crippen molar-refractivity contribution in [2.24, 2.45) is 0 Å². The molecule has 1 aromatic rings. The van der Waals surface area contributed by atoms with E-state index in [4.69, 9.17) is 4.74 Å². The molecule has 0 bridgehead atoms. The second-order valence-electron chi connectivity index (χ2n) is 6.51. The molecule has 1 N–H and O–H groups in total. The number of hydrogen-bond donors (Lipinski definition) is 1. The van der Waals surface area contributed by atoms with Crippen LogP contribution in [0.5, 0.6) is 0 Å². The van der Waals surface area contributed by atoms with Crippen LogP contribution in [-0.4, -0.2) is 62.3 Å². The Morgan fingerprint density at radius 2 is 1.96 bits per heavy atom. The van der Waals surface area contributed by atoms with Crippen LogP contribution in [0.1, 0.15) is 19.8 Å². The molecule has 2 fully saturated rings. The number of benzene rings is 1. The average molecular weight is 317 g/mol. The van der Waals surface area contributed by atoms with Crippen LogP contribution in [0, 0.1) is 0 Å². The summed E-state index contributed by atoms with van der Waals surface area (Å²) in [6, 6.07) is 10.8. The fourth-order valence-corrected chi connectivity index (χ4v) is 3.55. The molecule has 5 nitrogen and oxygen atoms in total. The lowest BCUT2D eigenvalue weighted by Crippen LogP contribution is -2.58. The average Bonchev–Trinajstić information content (AvgIpc) is 2.62. The molecule has 126 valence electrons. The van der Waals surface area contributed by atoms with Gasteiger partial charge in [-0.25, -0.2) is 0 Å². The molecule has 0 unspecified atom stereocenters. The molecule has 2 aliphatic rings. The van der Waals surface area contributed by atoms with E-state index in [-0.39, 0.29) is 18.1 Å². The minimum absolute atomic E-state index is 0.0408. The summed E-state index contributed by atoms with van der Waals surface area (Å²) >= 11 is 0. The van der Waals surface area contributed by atoms with Gasteiger partial charge in [0.1, 0.15) is 6.04 Å². The van der Waals surface area contributed by atoms with Gasteiger partial charge in [-0.05, 0) is 31.9 Å². The Balaban J connectivity index is 1.55. The van der Waals surface area contributed by atoms with Gasteiger partial charge in [-0.15, -0.1) is 0 Å². The number of amides is 1. The molecule has 0 aliphatic carbocycles. The van der Waals surface area contributed by atoms with Crippen molar-refractivity contribution < 1.29 is 9.53 Å². The zero-order chi connectivity index (χ0) is 16.2. The van der Waals surface area contributed by atoms with Gasteiger partial charge in [-0.3, -0.25) is 4.79 Å². The van der Waals surface area contributed by atoms with E-state index in [1.807, 2.05) is 17.9 Å². The zero-order valence-electron chi connectivity index (χ0n) is 14.1. The third-order valence-electron chi connectivity index (χ3n) is 5.07. The fraction of sp³-hybridized carbons (Fsp3) is 0.611. The van der Waals surface area contributed by atoms with Crippen molar-refractivity contribution in [2.75, 3.05) is 38.2 Å². The number of likely N-dealkylation sites (tertiary alicyclic amines) is 1. The Morgan fingerprint density at radius 3 is 2.61 bits per heavy atom. The number of nitrogens with one attached hydrogen (secondary N) is 1. The molecule has 1 amide bonds. The summed E-state index contributed by atoms with van der Waals surface area (Å²) in [7, 11) is 2.15. The Hall–Kier alpha value is -1.59. The molecule has 2 aliphatic heterocycles. The molecule has 2 saturated heterocycles. The van der Waals surface area contributed by atoms with Gasteiger partial charge in [0.15, 0.2) is 0 Å². The molecule has 2 atom stereocenters. The Morgan fingerprint density at radius 1 is 1.26 bits per heavy atom. The number of carbonyl (C=O) groups excluding carboxylic acids is 1. The minimum Gasteiger partial charge on any atom is -0.375 e. The molecular formula is C18H27N3O2. The SMILES string of the molecule is C[C@H]1OCCN[C@@H]1C(=O)N1CCC(N(C)c2ccccc2)CC1. The van der Waals surface area contributed by atoms with E-state index in [9.17, 15) is 4.79 Å².